The van der Waals surface area contributed by atoms with E-state index in [2.05, 4.69) is 16.2 Å². The third kappa shape index (κ3) is 2.16. The van der Waals surface area contributed by atoms with E-state index in [1.54, 1.807) is 0 Å². The summed E-state index contributed by atoms with van der Waals surface area (Å²) in [5.74, 6) is 0.348. The van der Waals surface area contributed by atoms with Crippen LogP contribution in [0.4, 0.5) is 5.82 Å². The van der Waals surface area contributed by atoms with Crippen molar-refractivity contribution in [2.75, 3.05) is 5.73 Å². The maximum Gasteiger partial charge on any atom is 0.142 e. The van der Waals surface area contributed by atoms with Gasteiger partial charge in [0.05, 0.1) is 5.69 Å². The lowest BCUT2D eigenvalue weighted by atomic mass is 9.90. The van der Waals surface area contributed by atoms with Crippen LogP contribution in [-0.2, 0) is 19.9 Å². The largest absolute Gasteiger partial charge is 0.383 e. The quantitative estimate of drug-likeness (QED) is 0.820. The number of nitriles is 1. The van der Waals surface area contributed by atoms with Crippen LogP contribution in [0.15, 0.2) is 0 Å². The molecule has 5 heteroatoms. The van der Waals surface area contributed by atoms with E-state index in [0.29, 0.717) is 11.4 Å². The van der Waals surface area contributed by atoms with Crippen LogP contribution in [0.5, 0.6) is 0 Å². The van der Waals surface area contributed by atoms with Gasteiger partial charge in [-0.2, -0.15) is 10.4 Å². The molecule has 0 spiro atoms. The molecule has 2 N–H and O–H groups in total. The van der Waals surface area contributed by atoms with Crippen molar-refractivity contribution >= 4 is 5.82 Å². The Balaban J connectivity index is 2.39. The van der Waals surface area contributed by atoms with E-state index in [1.165, 1.54) is 12.0 Å². The van der Waals surface area contributed by atoms with Gasteiger partial charge in [-0.3, -0.25) is 4.68 Å². The number of nitrogens with zero attached hydrogens (tertiary/aromatic N) is 4. The van der Waals surface area contributed by atoms with Crippen LogP contribution in [0.1, 0.15) is 47.5 Å². The molecule has 0 atom stereocenters. The zero-order chi connectivity index (χ0) is 15.9. The van der Waals surface area contributed by atoms with Crippen LogP contribution in [0.25, 0.3) is 11.1 Å². The fourth-order valence-corrected chi connectivity index (χ4v) is 3.46. The van der Waals surface area contributed by atoms with E-state index >= 15 is 0 Å². The topological polar surface area (TPSA) is 80.5 Å². The highest BCUT2D eigenvalue weighted by atomic mass is 15.3. The normalized spacial score (nSPS) is 14.3. The molecule has 0 saturated heterocycles. The van der Waals surface area contributed by atoms with Crippen molar-refractivity contribution < 1.29 is 0 Å². The Bertz CT molecular complexity index is 780. The predicted molar refractivity (Wildman–Crippen MR) is 86.3 cm³/mol. The van der Waals surface area contributed by atoms with Gasteiger partial charge in [-0.05, 0) is 45.1 Å². The molecule has 0 radical (unpaired) electrons. The minimum atomic E-state index is 0.348. The molecular weight excluding hydrogens is 274 g/mol. The second-order valence-corrected chi connectivity index (χ2v) is 6.01. The monoisotopic (exact) mass is 295 g/mol. The average molecular weight is 295 g/mol. The van der Waals surface area contributed by atoms with Gasteiger partial charge in [0.1, 0.15) is 17.5 Å². The summed E-state index contributed by atoms with van der Waals surface area (Å²) >= 11 is 0. The number of aryl methyl sites for hydroxylation is 3. The van der Waals surface area contributed by atoms with E-state index in [9.17, 15) is 5.26 Å². The van der Waals surface area contributed by atoms with E-state index in [4.69, 9.17) is 5.73 Å². The summed E-state index contributed by atoms with van der Waals surface area (Å²) in [6.45, 7) is 4.03. The van der Waals surface area contributed by atoms with Crippen LogP contribution in [0.3, 0.4) is 0 Å². The van der Waals surface area contributed by atoms with Crippen LogP contribution >= 0.6 is 0 Å². The zero-order valence-electron chi connectivity index (χ0n) is 13.4. The molecule has 0 aliphatic heterocycles. The Morgan fingerprint density at radius 1 is 1.14 bits per heavy atom. The Hall–Kier alpha value is -2.35. The van der Waals surface area contributed by atoms with Crippen molar-refractivity contribution in [2.45, 2.75) is 46.0 Å². The van der Waals surface area contributed by atoms with Gasteiger partial charge in [-0.1, -0.05) is 6.42 Å². The molecule has 0 bridgehead atoms. The maximum atomic E-state index is 9.62. The Morgan fingerprint density at radius 3 is 2.50 bits per heavy atom. The molecule has 2 heterocycles. The summed E-state index contributed by atoms with van der Waals surface area (Å²) in [6, 6.07) is 2.27. The third-order valence-electron chi connectivity index (χ3n) is 4.62. The molecule has 0 aromatic carbocycles. The smallest absolute Gasteiger partial charge is 0.142 e. The summed E-state index contributed by atoms with van der Waals surface area (Å²) in [4.78, 5) is 4.52. The number of pyridine rings is 1. The maximum absolute atomic E-state index is 9.62. The molecule has 0 unspecified atom stereocenters. The summed E-state index contributed by atoms with van der Waals surface area (Å²) < 4.78 is 1.87. The van der Waals surface area contributed by atoms with Gasteiger partial charge in [-0.25, -0.2) is 4.98 Å². The number of rotatable bonds is 1. The number of fused-ring (bicyclic) bond motifs is 1. The van der Waals surface area contributed by atoms with Crippen molar-refractivity contribution in [1.29, 1.82) is 5.26 Å². The molecule has 1 aliphatic rings. The molecule has 22 heavy (non-hydrogen) atoms. The van der Waals surface area contributed by atoms with Crippen molar-refractivity contribution in [2.24, 2.45) is 7.05 Å². The third-order valence-corrected chi connectivity index (χ3v) is 4.62. The van der Waals surface area contributed by atoms with Gasteiger partial charge < -0.3 is 5.73 Å². The molecule has 5 nitrogen and oxygen atoms in total. The zero-order valence-corrected chi connectivity index (χ0v) is 13.4. The molecule has 114 valence electrons. The summed E-state index contributed by atoms with van der Waals surface area (Å²) in [6.07, 6.45) is 5.37. The van der Waals surface area contributed by atoms with Gasteiger partial charge in [-0.15, -0.1) is 0 Å². The van der Waals surface area contributed by atoms with Crippen LogP contribution < -0.4 is 5.73 Å². The number of aromatic nitrogens is 3. The summed E-state index contributed by atoms with van der Waals surface area (Å²) in [5.41, 5.74) is 12.9. The Labute approximate surface area is 130 Å². The first kappa shape index (κ1) is 14.6. The molecule has 1 aliphatic carbocycles. The number of nitrogens with two attached hydrogens (primary N) is 1. The van der Waals surface area contributed by atoms with Gasteiger partial charge in [0.25, 0.3) is 0 Å². The molecule has 2 aromatic rings. The van der Waals surface area contributed by atoms with Gasteiger partial charge in [0, 0.05) is 29.6 Å². The van der Waals surface area contributed by atoms with Crippen LogP contribution in [-0.4, -0.2) is 14.8 Å². The van der Waals surface area contributed by atoms with E-state index in [0.717, 1.165) is 53.9 Å². The van der Waals surface area contributed by atoms with Crippen LogP contribution in [0.2, 0.25) is 0 Å². The molecular formula is C17H21N5. The fraction of sp³-hybridized carbons (Fsp3) is 0.471. The summed E-state index contributed by atoms with van der Waals surface area (Å²) in [5, 5.41) is 14.1. The molecule has 3 rings (SSSR count). The van der Waals surface area contributed by atoms with E-state index < -0.39 is 0 Å². The highest BCUT2D eigenvalue weighted by Crippen LogP contribution is 2.38. The SMILES string of the molecule is Cc1nn(C)c(C)c1-c1c(C#N)c(N)nc2c1CCCCC2. The van der Waals surface area contributed by atoms with Crippen molar-refractivity contribution in [1.82, 2.24) is 14.8 Å². The first-order valence-corrected chi connectivity index (χ1v) is 7.76. The van der Waals surface area contributed by atoms with Gasteiger partial charge in [0.2, 0.25) is 0 Å². The highest BCUT2D eigenvalue weighted by molar-refractivity contribution is 5.81. The summed E-state index contributed by atoms with van der Waals surface area (Å²) in [7, 11) is 1.93. The Kier molecular flexibility index (Phi) is 3.61. The molecule has 0 fully saturated rings. The molecule has 0 saturated carbocycles. The van der Waals surface area contributed by atoms with Crippen molar-refractivity contribution in [3.8, 4) is 17.2 Å². The fourth-order valence-electron chi connectivity index (χ4n) is 3.46. The average Bonchev–Trinajstić information content (AvgIpc) is 2.67. The first-order chi connectivity index (χ1) is 10.5. The minimum absolute atomic E-state index is 0.348. The van der Waals surface area contributed by atoms with Gasteiger partial charge in [0.15, 0.2) is 0 Å². The number of hydrogen-bond donors (Lipinski definition) is 1. The lowest BCUT2D eigenvalue weighted by molar-refractivity contribution is 0.709. The van der Waals surface area contributed by atoms with Gasteiger partial charge >= 0.3 is 0 Å². The second kappa shape index (κ2) is 5.45. The molecule has 2 aromatic heterocycles. The second-order valence-electron chi connectivity index (χ2n) is 6.01. The number of hydrogen-bond acceptors (Lipinski definition) is 4. The lowest BCUT2D eigenvalue weighted by Gasteiger charge is -2.16. The number of anilines is 1. The standard InChI is InChI=1S/C17H21N5/c1-10-15(11(2)22(3)21-10)16-12-7-5-4-6-8-14(12)20-17(19)13(16)9-18/h4-8H2,1-3H3,(H2,19,20). The van der Waals surface area contributed by atoms with Crippen LogP contribution in [0, 0.1) is 25.2 Å². The van der Waals surface area contributed by atoms with Crippen molar-refractivity contribution in [3.63, 3.8) is 0 Å². The highest BCUT2D eigenvalue weighted by Gasteiger charge is 2.25. The Morgan fingerprint density at radius 2 is 1.86 bits per heavy atom. The minimum Gasteiger partial charge on any atom is -0.383 e. The molecule has 0 amide bonds. The van der Waals surface area contributed by atoms with Crippen molar-refractivity contribution in [3.05, 3.63) is 28.2 Å². The first-order valence-electron chi connectivity index (χ1n) is 7.76. The van der Waals surface area contributed by atoms with E-state index in [-0.39, 0.29) is 0 Å². The predicted octanol–water partition coefficient (Wildman–Crippen LogP) is 2.82. The number of nitrogen functional groups attached to an aromatic ring is 1. The van der Waals surface area contributed by atoms with E-state index in [1.807, 2.05) is 25.6 Å². The lowest BCUT2D eigenvalue weighted by Crippen LogP contribution is -2.07.